The number of pyridine rings is 1. The molecule has 6 aliphatic carbocycles. The van der Waals surface area contributed by atoms with Crippen LogP contribution in [0.4, 0.5) is 10.5 Å². The van der Waals surface area contributed by atoms with Gasteiger partial charge in [0.25, 0.3) is 0 Å². The molecule has 1 heterocycles. The predicted molar refractivity (Wildman–Crippen MR) is 255 cm³/mol. The molecule has 11 heteroatoms. The number of nitrogens with zero attached hydrogens (tertiary/aromatic N) is 1. The van der Waals surface area contributed by atoms with Crippen LogP contribution in [-0.2, 0) is 30.5 Å². The standard InChI is InChI=1S/C55H76N4O7/c1-32(2)42-38(60)29-54(58-45(62)50(8,9)59-47(65)57-35-19-18-33(3)56-30-35)27-26-52(11)36(43(42)54)20-21-41-51(10)24-22-40(48(4,5)39(51)23-25-53(41,52)12)55(46(63)64)28-37(49(55,6)7)44(61)66-31-34-16-14-13-15-17-34/h13-19,30,32,36-37,39-41H,20-29,31H2,1-12H3,(H,58,62)(H,63,64)(H2,57,59,65)/t36-,37+,39-,40+,41-,51-,52-,53-,54-,55-/m1/s1. The zero-order valence-corrected chi connectivity index (χ0v) is 41.7. The number of ketones is 1. The van der Waals surface area contributed by atoms with Gasteiger partial charge >= 0.3 is 18.0 Å². The van der Waals surface area contributed by atoms with Crippen LogP contribution in [0.25, 0.3) is 0 Å². The third-order valence-corrected chi connectivity index (χ3v) is 20.0. The molecule has 0 radical (unpaired) electrons. The van der Waals surface area contributed by atoms with Crippen LogP contribution in [0.3, 0.4) is 0 Å². The number of aryl methyl sites for hydroxylation is 1. The molecule has 5 fully saturated rings. The predicted octanol–water partition coefficient (Wildman–Crippen LogP) is 10.6. The lowest BCUT2D eigenvalue weighted by Crippen LogP contribution is -2.71. The number of aromatic nitrogens is 1. The van der Waals surface area contributed by atoms with Crippen molar-refractivity contribution in [3.05, 3.63) is 71.1 Å². The SMILES string of the molecule is Cc1ccc(NC(=O)NC(C)(C)C(=O)N[C@@]23CC[C@]4(C)[C@H](CC[C@@H]5[C@]6(C)CC[C@H]([C@@]7(C(=O)O)C[C@@H](C(=O)OCc8ccccc8)C7(C)C)C(C)(C)[C@H]6CC[C@]54C)C2=C(C(C)C)C(=O)C3)cn1. The summed E-state index contributed by atoms with van der Waals surface area (Å²) in [6.07, 6.45) is 9.18. The normalized spacial score (nSPS) is 36.4. The highest BCUT2D eigenvalue weighted by atomic mass is 16.5. The van der Waals surface area contributed by atoms with Gasteiger partial charge in [-0.1, -0.05) is 92.6 Å². The molecule has 8 rings (SSSR count). The molecule has 0 bridgehead atoms. The maximum absolute atomic E-state index is 14.5. The molecule has 0 aliphatic heterocycles. The summed E-state index contributed by atoms with van der Waals surface area (Å²) in [6, 6.07) is 12.7. The number of carbonyl (C=O) groups is 5. The number of carbonyl (C=O) groups excluding carboxylic acids is 4. The van der Waals surface area contributed by atoms with Gasteiger partial charge in [-0.2, -0.15) is 0 Å². The average molecular weight is 905 g/mol. The van der Waals surface area contributed by atoms with Gasteiger partial charge in [-0.3, -0.25) is 24.2 Å². The first-order valence-electron chi connectivity index (χ1n) is 24.8. The summed E-state index contributed by atoms with van der Waals surface area (Å²) < 4.78 is 5.84. The van der Waals surface area contributed by atoms with Crippen LogP contribution in [0.5, 0.6) is 0 Å². The third-order valence-electron chi connectivity index (χ3n) is 20.0. The van der Waals surface area contributed by atoms with E-state index in [0.29, 0.717) is 18.0 Å². The number of nitrogens with one attached hydrogen (secondary N) is 3. The second-order valence-corrected chi connectivity index (χ2v) is 24.4. The Morgan fingerprint density at radius 3 is 2.15 bits per heavy atom. The lowest BCUT2D eigenvalue weighted by atomic mass is 9.30. The van der Waals surface area contributed by atoms with Crippen molar-refractivity contribution in [2.45, 2.75) is 165 Å². The smallest absolute Gasteiger partial charge is 0.320 e. The van der Waals surface area contributed by atoms with E-state index in [1.807, 2.05) is 57.2 Å². The Balaban J connectivity index is 1.04. The first kappa shape index (κ1) is 47.9. The van der Waals surface area contributed by atoms with E-state index in [4.69, 9.17) is 4.74 Å². The van der Waals surface area contributed by atoms with Gasteiger partial charge in [0.1, 0.15) is 12.1 Å². The highest BCUT2D eigenvalue weighted by Crippen LogP contribution is 2.79. The topological polar surface area (TPSA) is 164 Å². The maximum atomic E-state index is 14.5. The number of carboxylic acids is 1. The number of amides is 3. The zero-order valence-electron chi connectivity index (χ0n) is 41.7. The fourth-order valence-corrected chi connectivity index (χ4v) is 16.4. The Bertz CT molecular complexity index is 2340. The lowest BCUT2D eigenvalue weighted by Gasteiger charge is -2.74. The van der Waals surface area contributed by atoms with Crippen molar-refractivity contribution in [2.24, 2.45) is 68.0 Å². The molecule has 1 aromatic carbocycles. The Hall–Kier alpha value is -4.54. The summed E-state index contributed by atoms with van der Waals surface area (Å²) in [7, 11) is 0. The van der Waals surface area contributed by atoms with Gasteiger partial charge < -0.3 is 25.8 Å². The molecule has 3 amide bonds. The molecule has 358 valence electrons. The number of Topliss-reactive ketones (excluding diaryl/α,β-unsaturated/α-hetero) is 1. The zero-order chi connectivity index (χ0) is 48.2. The Morgan fingerprint density at radius 1 is 0.848 bits per heavy atom. The molecule has 0 unspecified atom stereocenters. The van der Waals surface area contributed by atoms with Gasteiger partial charge in [0.05, 0.1) is 28.8 Å². The van der Waals surface area contributed by atoms with Gasteiger partial charge in [-0.05, 0) is 164 Å². The fourth-order valence-electron chi connectivity index (χ4n) is 16.4. The summed E-state index contributed by atoms with van der Waals surface area (Å²) >= 11 is 0. The van der Waals surface area contributed by atoms with Gasteiger partial charge in [0.2, 0.25) is 5.91 Å². The summed E-state index contributed by atoms with van der Waals surface area (Å²) in [5.74, 6) is -1.17. The van der Waals surface area contributed by atoms with Crippen molar-refractivity contribution in [2.75, 3.05) is 5.32 Å². The molecular weight excluding hydrogens is 829 g/mol. The number of anilines is 1. The summed E-state index contributed by atoms with van der Waals surface area (Å²) in [5, 5.41) is 20.4. The minimum Gasteiger partial charge on any atom is -0.481 e. The van der Waals surface area contributed by atoms with Crippen molar-refractivity contribution < 1.29 is 33.8 Å². The molecule has 6 aliphatic rings. The molecule has 1 aromatic heterocycles. The van der Waals surface area contributed by atoms with Gasteiger partial charge in [-0.25, -0.2) is 4.79 Å². The van der Waals surface area contributed by atoms with Gasteiger partial charge in [-0.15, -0.1) is 0 Å². The van der Waals surface area contributed by atoms with Crippen molar-refractivity contribution in [3.63, 3.8) is 0 Å². The Kier molecular flexibility index (Phi) is 11.6. The fraction of sp³-hybridized carbons (Fsp3) is 0.673. The molecule has 4 N–H and O–H groups in total. The van der Waals surface area contributed by atoms with E-state index >= 15 is 0 Å². The average Bonchev–Trinajstić information content (AvgIpc) is 3.53. The number of esters is 1. The highest BCUT2D eigenvalue weighted by Gasteiger charge is 2.76. The van der Waals surface area contributed by atoms with E-state index in [1.54, 1.807) is 26.1 Å². The number of fused-ring (bicyclic) bond motifs is 7. The second-order valence-electron chi connectivity index (χ2n) is 24.4. The van der Waals surface area contributed by atoms with E-state index in [9.17, 15) is 29.1 Å². The lowest BCUT2D eigenvalue weighted by molar-refractivity contribution is -0.261. The maximum Gasteiger partial charge on any atom is 0.320 e. The van der Waals surface area contributed by atoms with Crippen LogP contribution in [0.15, 0.2) is 59.8 Å². The molecule has 0 saturated heterocycles. The minimum absolute atomic E-state index is 0.00820. The molecular formula is C55H76N4O7. The van der Waals surface area contributed by atoms with E-state index < -0.39 is 39.8 Å². The van der Waals surface area contributed by atoms with Gasteiger partial charge in [0, 0.05) is 12.1 Å². The first-order valence-corrected chi connectivity index (χ1v) is 24.8. The molecule has 5 saturated carbocycles. The van der Waals surface area contributed by atoms with Crippen molar-refractivity contribution >= 4 is 35.3 Å². The number of carboxylic acid groups (broad SMARTS) is 1. The summed E-state index contributed by atoms with van der Waals surface area (Å²) in [5.41, 5.74) is -0.288. The quantitative estimate of drug-likeness (QED) is 0.171. The van der Waals surface area contributed by atoms with Crippen LogP contribution >= 0.6 is 0 Å². The molecule has 66 heavy (non-hydrogen) atoms. The number of rotatable bonds is 10. The number of hydrogen-bond donors (Lipinski definition) is 4. The molecule has 2 aromatic rings. The van der Waals surface area contributed by atoms with E-state index in [2.05, 4.69) is 69.4 Å². The van der Waals surface area contributed by atoms with E-state index in [0.717, 1.165) is 67.3 Å². The van der Waals surface area contributed by atoms with Crippen molar-refractivity contribution in [1.82, 2.24) is 15.6 Å². The van der Waals surface area contributed by atoms with Crippen molar-refractivity contribution in [3.8, 4) is 0 Å². The van der Waals surface area contributed by atoms with Gasteiger partial charge in [0.15, 0.2) is 5.78 Å². The molecule has 11 nitrogen and oxygen atoms in total. The summed E-state index contributed by atoms with van der Waals surface area (Å²) in [6.45, 7) is 25.8. The number of urea groups is 1. The molecule has 0 spiro atoms. The Morgan fingerprint density at radius 2 is 1.53 bits per heavy atom. The third kappa shape index (κ3) is 6.99. The van der Waals surface area contributed by atoms with Crippen LogP contribution in [0, 0.1) is 74.9 Å². The number of allylic oxidation sites excluding steroid dienone is 1. The van der Waals surface area contributed by atoms with E-state index in [-0.39, 0.29) is 82.4 Å². The van der Waals surface area contributed by atoms with Crippen LogP contribution in [0.2, 0.25) is 0 Å². The summed E-state index contributed by atoms with van der Waals surface area (Å²) in [4.78, 5) is 73.7. The van der Waals surface area contributed by atoms with Crippen LogP contribution in [-0.4, -0.2) is 50.8 Å². The Labute approximate surface area is 392 Å². The van der Waals surface area contributed by atoms with E-state index in [1.165, 1.54) is 0 Å². The monoisotopic (exact) mass is 905 g/mol. The first-order chi connectivity index (χ1) is 30.7. The number of aliphatic carboxylic acids is 1. The van der Waals surface area contributed by atoms with Crippen LogP contribution in [0.1, 0.15) is 152 Å². The van der Waals surface area contributed by atoms with Crippen LogP contribution < -0.4 is 16.0 Å². The molecule has 10 atom stereocenters. The number of hydrogen-bond acceptors (Lipinski definition) is 7. The highest BCUT2D eigenvalue weighted by molar-refractivity contribution is 6.03. The van der Waals surface area contributed by atoms with Crippen molar-refractivity contribution in [1.29, 1.82) is 0 Å². The number of benzene rings is 1. The largest absolute Gasteiger partial charge is 0.481 e. The number of ether oxygens (including phenoxy) is 1. The second kappa shape index (κ2) is 16.0. The minimum atomic E-state index is -1.28.